The molecule has 3 heterocycles. The molecule has 0 aliphatic carbocycles. The summed E-state index contributed by atoms with van der Waals surface area (Å²) in [5, 5.41) is 4.31. The molecule has 2 aliphatic rings. The first-order chi connectivity index (χ1) is 12.7. The van der Waals surface area contributed by atoms with Gasteiger partial charge in [-0.2, -0.15) is 5.10 Å². The van der Waals surface area contributed by atoms with Gasteiger partial charge in [-0.25, -0.2) is 0 Å². The summed E-state index contributed by atoms with van der Waals surface area (Å²) < 4.78 is 1.91. The number of benzene rings is 1. The SMILES string of the molecule is CCn1cc(-c2ccc(C(=O)N3CC(N4CCCC[C@@H]4C)C3)cc2)cn1. The normalized spacial score (nSPS) is 21.6. The van der Waals surface area contributed by atoms with E-state index in [9.17, 15) is 4.79 Å². The quantitative estimate of drug-likeness (QED) is 0.848. The van der Waals surface area contributed by atoms with Gasteiger partial charge >= 0.3 is 0 Å². The smallest absolute Gasteiger partial charge is 0.253 e. The number of nitrogens with zero attached hydrogens (tertiary/aromatic N) is 4. The third-order valence-electron chi connectivity index (χ3n) is 5.90. The van der Waals surface area contributed by atoms with Crippen molar-refractivity contribution in [2.24, 2.45) is 0 Å². The summed E-state index contributed by atoms with van der Waals surface area (Å²) in [6.45, 7) is 8.19. The van der Waals surface area contributed by atoms with Crippen LogP contribution in [0.2, 0.25) is 0 Å². The molecule has 1 aromatic carbocycles. The number of carbonyl (C=O) groups is 1. The minimum absolute atomic E-state index is 0.154. The standard InChI is InChI=1S/C21H28N4O/c1-3-24-13-19(12-22-24)17-7-9-18(10-8-17)21(26)23-14-20(15-23)25-11-5-4-6-16(25)2/h7-10,12-13,16,20H,3-6,11,14-15H2,1-2H3/t16-/m0/s1. The van der Waals surface area contributed by atoms with Crippen molar-refractivity contribution in [3.05, 3.63) is 42.2 Å². The van der Waals surface area contributed by atoms with Crippen molar-refractivity contribution in [1.29, 1.82) is 0 Å². The molecule has 0 N–H and O–H groups in total. The van der Waals surface area contributed by atoms with Gasteiger partial charge in [0.1, 0.15) is 0 Å². The van der Waals surface area contributed by atoms with Crippen LogP contribution in [0.3, 0.4) is 0 Å². The highest BCUT2D eigenvalue weighted by atomic mass is 16.2. The molecule has 0 saturated carbocycles. The Morgan fingerprint density at radius 2 is 1.92 bits per heavy atom. The number of aromatic nitrogens is 2. The van der Waals surface area contributed by atoms with Crippen molar-refractivity contribution in [1.82, 2.24) is 19.6 Å². The second kappa shape index (κ2) is 7.23. The number of carbonyl (C=O) groups excluding carboxylic acids is 1. The average Bonchev–Trinajstić information content (AvgIpc) is 3.11. The van der Waals surface area contributed by atoms with E-state index in [1.165, 1.54) is 25.8 Å². The predicted octanol–water partition coefficient (Wildman–Crippen LogP) is 3.27. The molecule has 1 aromatic heterocycles. The highest BCUT2D eigenvalue weighted by Crippen LogP contribution is 2.26. The third kappa shape index (κ3) is 3.28. The van der Waals surface area contributed by atoms with E-state index < -0.39 is 0 Å². The molecule has 1 atom stereocenters. The van der Waals surface area contributed by atoms with E-state index in [1.54, 1.807) is 0 Å². The molecule has 2 saturated heterocycles. The van der Waals surface area contributed by atoms with Crippen molar-refractivity contribution in [3.63, 3.8) is 0 Å². The number of piperidine rings is 1. The topological polar surface area (TPSA) is 41.4 Å². The molecule has 138 valence electrons. The summed E-state index contributed by atoms with van der Waals surface area (Å²) in [7, 11) is 0. The van der Waals surface area contributed by atoms with Crippen LogP contribution in [0.25, 0.3) is 11.1 Å². The number of likely N-dealkylation sites (tertiary alicyclic amines) is 2. The Kier molecular flexibility index (Phi) is 4.81. The van der Waals surface area contributed by atoms with Gasteiger partial charge < -0.3 is 4.90 Å². The van der Waals surface area contributed by atoms with E-state index in [2.05, 4.69) is 23.8 Å². The molecule has 0 unspecified atom stereocenters. The summed E-state index contributed by atoms with van der Waals surface area (Å²) in [6, 6.07) is 9.14. The van der Waals surface area contributed by atoms with Crippen LogP contribution in [0.4, 0.5) is 0 Å². The molecule has 5 nitrogen and oxygen atoms in total. The lowest BCUT2D eigenvalue weighted by Crippen LogP contribution is -2.63. The molecule has 0 bridgehead atoms. The first kappa shape index (κ1) is 17.3. The van der Waals surface area contributed by atoms with Crippen molar-refractivity contribution in [3.8, 4) is 11.1 Å². The fraction of sp³-hybridized carbons (Fsp3) is 0.524. The molecular weight excluding hydrogens is 324 g/mol. The van der Waals surface area contributed by atoms with Crippen molar-refractivity contribution in [2.45, 2.75) is 51.7 Å². The van der Waals surface area contributed by atoms with Crippen LogP contribution < -0.4 is 0 Å². The van der Waals surface area contributed by atoms with Gasteiger partial charge in [-0.05, 0) is 50.9 Å². The van der Waals surface area contributed by atoms with Gasteiger partial charge in [0.2, 0.25) is 0 Å². The lowest BCUT2D eigenvalue weighted by Gasteiger charge is -2.49. The van der Waals surface area contributed by atoms with Gasteiger partial charge in [0, 0.05) is 49.0 Å². The first-order valence-corrected chi connectivity index (χ1v) is 9.83. The zero-order valence-electron chi connectivity index (χ0n) is 15.8. The largest absolute Gasteiger partial charge is 0.335 e. The molecule has 2 aromatic rings. The molecule has 2 aliphatic heterocycles. The van der Waals surface area contributed by atoms with E-state index in [-0.39, 0.29) is 5.91 Å². The maximum absolute atomic E-state index is 12.7. The lowest BCUT2D eigenvalue weighted by atomic mass is 9.96. The Hall–Kier alpha value is -2.14. The minimum Gasteiger partial charge on any atom is -0.335 e. The Balaban J connectivity index is 1.37. The Bertz CT molecular complexity index is 761. The van der Waals surface area contributed by atoms with Crippen molar-refractivity contribution in [2.75, 3.05) is 19.6 Å². The monoisotopic (exact) mass is 352 g/mol. The van der Waals surface area contributed by atoms with Gasteiger partial charge in [-0.15, -0.1) is 0 Å². The predicted molar refractivity (Wildman–Crippen MR) is 103 cm³/mol. The van der Waals surface area contributed by atoms with Crippen LogP contribution in [0.1, 0.15) is 43.5 Å². The molecule has 2 fully saturated rings. The highest BCUT2D eigenvalue weighted by molar-refractivity contribution is 5.95. The Morgan fingerprint density at radius 1 is 1.15 bits per heavy atom. The number of aryl methyl sites for hydroxylation is 1. The van der Waals surface area contributed by atoms with E-state index in [0.29, 0.717) is 12.1 Å². The Labute approximate surface area is 155 Å². The second-order valence-electron chi connectivity index (χ2n) is 7.61. The van der Waals surface area contributed by atoms with Gasteiger partial charge in [-0.1, -0.05) is 18.6 Å². The summed E-state index contributed by atoms with van der Waals surface area (Å²) in [5.41, 5.74) is 2.97. The zero-order valence-corrected chi connectivity index (χ0v) is 15.8. The highest BCUT2D eigenvalue weighted by Gasteiger charge is 2.37. The van der Waals surface area contributed by atoms with Crippen LogP contribution in [0, 0.1) is 0 Å². The molecule has 1 amide bonds. The van der Waals surface area contributed by atoms with Crippen LogP contribution in [0.5, 0.6) is 0 Å². The van der Waals surface area contributed by atoms with Crippen LogP contribution in [0.15, 0.2) is 36.7 Å². The van der Waals surface area contributed by atoms with E-state index in [4.69, 9.17) is 0 Å². The number of rotatable bonds is 4. The van der Waals surface area contributed by atoms with Crippen molar-refractivity contribution < 1.29 is 4.79 Å². The van der Waals surface area contributed by atoms with Gasteiger partial charge in [0.25, 0.3) is 5.91 Å². The molecule has 26 heavy (non-hydrogen) atoms. The fourth-order valence-electron chi connectivity index (χ4n) is 4.17. The molecule has 4 rings (SSSR count). The third-order valence-corrected chi connectivity index (χ3v) is 5.90. The Morgan fingerprint density at radius 3 is 2.58 bits per heavy atom. The van der Waals surface area contributed by atoms with Gasteiger partial charge in [-0.3, -0.25) is 14.4 Å². The van der Waals surface area contributed by atoms with E-state index in [1.807, 2.05) is 46.2 Å². The number of hydrogen-bond donors (Lipinski definition) is 0. The maximum Gasteiger partial charge on any atom is 0.253 e. The lowest BCUT2D eigenvalue weighted by molar-refractivity contribution is 0.00213. The average molecular weight is 352 g/mol. The first-order valence-electron chi connectivity index (χ1n) is 9.83. The van der Waals surface area contributed by atoms with Gasteiger partial charge in [0.15, 0.2) is 0 Å². The zero-order chi connectivity index (χ0) is 18.1. The molecule has 0 spiro atoms. The summed E-state index contributed by atoms with van der Waals surface area (Å²) in [5.74, 6) is 0.154. The summed E-state index contributed by atoms with van der Waals surface area (Å²) in [6.07, 6.45) is 7.85. The molecular formula is C21H28N4O. The van der Waals surface area contributed by atoms with Crippen LogP contribution >= 0.6 is 0 Å². The van der Waals surface area contributed by atoms with E-state index >= 15 is 0 Å². The number of hydrogen-bond acceptors (Lipinski definition) is 3. The summed E-state index contributed by atoms with van der Waals surface area (Å²) in [4.78, 5) is 17.3. The minimum atomic E-state index is 0.154. The summed E-state index contributed by atoms with van der Waals surface area (Å²) >= 11 is 0. The van der Waals surface area contributed by atoms with Crippen LogP contribution in [-0.4, -0.2) is 57.2 Å². The van der Waals surface area contributed by atoms with Gasteiger partial charge in [0.05, 0.1) is 6.20 Å². The molecule has 0 radical (unpaired) electrons. The second-order valence-corrected chi connectivity index (χ2v) is 7.61. The fourth-order valence-corrected chi connectivity index (χ4v) is 4.17. The van der Waals surface area contributed by atoms with E-state index in [0.717, 1.165) is 36.3 Å². The number of amides is 1. The molecule has 5 heteroatoms. The van der Waals surface area contributed by atoms with Crippen molar-refractivity contribution >= 4 is 5.91 Å². The maximum atomic E-state index is 12.7. The van der Waals surface area contributed by atoms with Crippen LogP contribution in [-0.2, 0) is 6.54 Å².